The highest BCUT2D eigenvalue weighted by Gasteiger charge is 2.20. The molecule has 3 heteroatoms. The van der Waals surface area contributed by atoms with E-state index < -0.39 is 0 Å². The fourth-order valence-corrected chi connectivity index (χ4v) is 0.577. The summed E-state index contributed by atoms with van der Waals surface area (Å²) in [5.74, 6) is -0.367. The van der Waals surface area contributed by atoms with Gasteiger partial charge in [-0.1, -0.05) is 6.58 Å². The van der Waals surface area contributed by atoms with Gasteiger partial charge in [-0.05, 0) is 12.8 Å². The van der Waals surface area contributed by atoms with E-state index in [0.717, 1.165) is 6.08 Å². The second-order valence-electron chi connectivity index (χ2n) is 2.29. The van der Waals surface area contributed by atoms with Crippen molar-refractivity contribution in [2.24, 2.45) is 0 Å². The third kappa shape index (κ3) is 2.64. The highest BCUT2D eigenvalue weighted by molar-refractivity contribution is 5.81. The third-order valence-electron chi connectivity index (χ3n) is 1.33. The quantitative estimate of drug-likeness (QED) is 0.350. The van der Waals surface area contributed by atoms with Crippen LogP contribution >= 0.6 is 0 Å². The molecular formula is C7H11NO2. The van der Waals surface area contributed by atoms with Crippen molar-refractivity contribution in [1.82, 2.24) is 5.32 Å². The standard InChI is InChI=1S/C7H11NO2/c1-2-7(9)10-5-8-6-3-4-6/h2,6,8H,1,3-5H2. The Morgan fingerprint density at radius 3 is 3.00 bits per heavy atom. The van der Waals surface area contributed by atoms with Gasteiger partial charge in [-0.15, -0.1) is 0 Å². The molecule has 1 saturated carbocycles. The van der Waals surface area contributed by atoms with Crippen LogP contribution in [0.1, 0.15) is 12.8 Å². The zero-order valence-corrected chi connectivity index (χ0v) is 5.80. The molecule has 0 unspecified atom stereocenters. The number of rotatable bonds is 4. The molecule has 0 amide bonds. The maximum Gasteiger partial charge on any atom is 0.331 e. The average Bonchev–Trinajstić information content (AvgIpc) is 2.71. The van der Waals surface area contributed by atoms with Gasteiger partial charge in [-0.25, -0.2) is 4.79 Å². The molecule has 1 rings (SSSR count). The van der Waals surface area contributed by atoms with E-state index in [1.807, 2.05) is 0 Å². The Hall–Kier alpha value is -0.830. The lowest BCUT2D eigenvalue weighted by atomic mass is 10.7. The molecule has 0 saturated heterocycles. The van der Waals surface area contributed by atoms with Crippen LogP contribution in [-0.4, -0.2) is 18.7 Å². The van der Waals surface area contributed by atoms with Gasteiger partial charge in [0.1, 0.15) is 6.73 Å². The molecule has 0 aromatic heterocycles. The SMILES string of the molecule is C=CC(=O)OCNC1CC1. The van der Waals surface area contributed by atoms with Gasteiger partial charge < -0.3 is 4.74 Å². The van der Waals surface area contributed by atoms with E-state index in [9.17, 15) is 4.79 Å². The highest BCUT2D eigenvalue weighted by atomic mass is 16.5. The van der Waals surface area contributed by atoms with Crippen molar-refractivity contribution in [1.29, 1.82) is 0 Å². The van der Waals surface area contributed by atoms with E-state index in [4.69, 9.17) is 0 Å². The van der Waals surface area contributed by atoms with Gasteiger partial charge >= 0.3 is 5.97 Å². The molecule has 1 N–H and O–H groups in total. The predicted octanol–water partition coefficient (Wildman–Crippen LogP) is 0.425. The first-order valence-electron chi connectivity index (χ1n) is 3.35. The van der Waals surface area contributed by atoms with Gasteiger partial charge in [0, 0.05) is 12.1 Å². The Bertz CT molecular complexity index is 141. The first-order valence-corrected chi connectivity index (χ1v) is 3.35. The van der Waals surface area contributed by atoms with E-state index in [2.05, 4.69) is 16.6 Å². The summed E-state index contributed by atoms with van der Waals surface area (Å²) in [5, 5.41) is 3.03. The first kappa shape index (κ1) is 7.28. The maximum atomic E-state index is 10.4. The predicted molar refractivity (Wildman–Crippen MR) is 37.3 cm³/mol. The molecule has 3 nitrogen and oxygen atoms in total. The molecule has 0 spiro atoms. The van der Waals surface area contributed by atoms with Crippen molar-refractivity contribution >= 4 is 5.97 Å². The Morgan fingerprint density at radius 2 is 2.50 bits per heavy atom. The minimum absolute atomic E-state index is 0.315. The Labute approximate surface area is 60.1 Å². The second-order valence-corrected chi connectivity index (χ2v) is 2.29. The van der Waals surface area contributed by atoms with Crippen molar-refractivity contribution in [2.45, 2.75) is 18.9 Å². The van der Waals surface area contributed by atoms with Crippen LogP contribution in [0.25, 0.3) is 0 Å². The van der Waals surface area contributed by atoms with Crippen LogP contribution in [0.3, 0.4) is 0 Å². The number of ether oxygens (including phenoxy) is 1. The van der Waals surface area contributed by atoms with Gasteiger partial charge in [0.25, 0.3) is 0 Å². The summed E-state index contributed by atoms with van der Waals surface area (Å²) in [6.07, 6.45) is 3.56. The van der Waals surface area contributed by atoms with Crippen LogP contribution < -0.4 is 5.32 Å². The lowest BCUT2D eigenvalue weighted by Crippen LogP contribution is -2.21. The average molecular weight is 141 g/mol. The normalized spacial score (nSPS) is 16.4. The van der Waals surface area contributed by atoms with E-state index >= 15 is 0 Å². The summed E-state index contributed by atoms with van der Waals surface area (Å²) in [6, 6.07) is 0.581. The molecule has 1 aliphatic rings. The zero-order chi connectivity index (χ0) is 7.40. The number of esters is 1. The summed E-state index contributed by atoms with van der Waals surface area (Å²) in [4.78, 5) is 10.4. The smallest absolute Gasteiger partial charge is 0.331 e. The summed E-state index contributed by atoms with van der Waals surface area (Å²) in [6.45, 7) is 3.59. The van der Waals surface area contributed by atoms with Crippen LogP contribution in [0, 0.1) is 0 Å². The van der Waals surface area contributed by atoms with Crippen LogP contribution in [0.5, 0.6) is 0 Å². The lowest BCUT2D eigenvalue weighted by Gasteiger charge is -2.01. The molecule has 56 valence electrons. The Balaban J connectivity index is 1.93. The summed E-state index contributed by atoms with van der Waals surface area (Å²) in [7, 11) is 0. The molecule has 1 aliphatic carbocycles. The Morgan fingerprint density at radius 1 is 1.80 bits per heavy atom. The third-order valence-corrected chi connectivity index (χ3v) is 1.33. The molecular weight excluding hydrogens is 130 g/mol. The highest BCUT2D eigenvalue weighted by Crippen LogP contribution is 2.17. The molecule has 0 bridgehead atoms. The maximum absolute atomic E-state index is 10.4. The number of nitrogens with one attached hydrogen (secondary N) is 1. The van der Waals surface area contributed by atoms with Crippen LogP contribution in [0.4, 0.5) is 0 Å². The zero-order valence-electron chi connectivity index (χ0n) is 5.80. The molecule has 0 atom stereocenters. The van der Waals surface area contributed by atoms with E-state index in [1.54, 1.807) is 0 Å². The van der Waals surface area contributed by atoms with Crippen molar-refractivity contribution in [3.05, 3.63) is 12.7 Å². The van der Waals surface area contributed by atoms with Gasteiger partial charge in [-0.2, -0.15) is 0 Å². The van der Waals surface area contributed by atoms with Gasteiger partial charge in [0.05, 0.1) is 0 Å². The van der Waals surface area contributed by atoms with Gasteiger partial charge in [0.2, 0.25) is 0 Å². The summed E-state index contributed by atoms with van der Waals surface area (Å²) >= 11 is 0. The number of hydrogen-bond acceptors (Lipinski definition) is 3. The van der Waals surface area contributed by atoms with Crippen LogP contribution in [0.15, 0.2) is 12.7 Å². The molecule has 1 fully saturated rings. The van der Waals surface area contributed by atoms with E-state index in [0.29, 0.717) is 12.8 Å². The topological polar surface area (TPSA) is 38.3 Å². The Kier molecular flexibility index (Phi) is 2.45. The summed E-state index contributed by atoms with van der Waals surface area (Å²) in [5.41, 5.74) is 0. The number of hydrogen-bond donors (Lipinski definition) is 1. The lowest BCUT2D eigenvalue weighted by molar-refractivity contribution is -0.138. The van der Waals surface area contributed by atoms with Crippen LogP contribution in [0.2, 0.25) is 0 Å². The number of carbonyl (C=O) groups excluding carboxylic acids is 1. The molecule has 0 aromatic carbocycles. The largest absolute Gasteiger partial charge is 0.447 e. The van der Waals surface area contributed by atoms with Gasteiger partial charge in [0.15, 0.2) is 0 Å². The summed E-state index contributed by atoms with van der Waals surface area (Å²) < 4.78 is 4.67. The molecule has 0 radical (unpaired) electrons. The second kappa shape index (κ2) is 3.37. The molecule has 0 aromatic rings. The molecule has 0 aliphatic heterocycles. The first-order chi connectivity index (χ1) is 4.83. The van der Waals surface area contributed by atoms with Gasteiger partial charge in [-0.3, -0.25) is 5.32 Å². The van der Waals surface area contributed by atoms with E-state index in [1.165, 1.54) is 12.8 Å². The fraction of sp³-hybridized carbons (Fsp3) is 0.571. The van der Waals surface area contributed by atoms with Crippen molar-refractivity contribution in [3.8, 4) is 0 Å². The molecule has 10 heavy (non-hydrogen) atoms. The minimum atomic E-state index is -0.367. The minimum Gasteiger partial charge on any atom is -0.447 e. The fourth-order valence-electron chi connectivity index (χ4n) is 0.577. The monoisotopic (exact) mass is 141 g/mol. The van der Waals surface area contributed by atoms with Crippen molar-refractivity contribution in [2.75, 3.05) is 6.73 Å². The van der Waals surface area contributed by atoms with Crippen molar-refractivity contribution in [3.63, 3.8) is 0 Å². The van der Waals surface area contributed by atoms with Crippen LogP contribution in [-0.2, 0) is 9.53 Å². The molecule has 0 heterocycles. The van der Waals surface area contributed by atoms with E-state index in [-0.39, 0.29) is 5.97 Å². The number of carbonyl (C=O) groups is 1. The van der Waals surface area contributed by atoms with Crippen molar-refractivity contribution < 1.29 is 9.53 Å².